The number of aromatic nitrogens is 10. The van der Waals surface area contributed by atoms with Gasteiger partial charge < -0.3 is 45.5 Å². The van der Waals surface area contributed by atoms with Crippen LogP contribution < -0.4 is 31.3 Å². The highest BCUT2D eigenvalue weighted by Crippen LogP contribution is 2.28. The van der Waals surface area contributed by atoms with E-state index in [9.17, 15) is 4.79 Å². The topological polar surface area (TPSA) is 234 Å². The van der Waals surface area contributed by atoms with Crippen molar-refractivity contribution < 1.29 is 14.3 Å². The van der Waals surface area contributed by atoms with Gasteiger partial charge in [-0.3, -0.25) is 14.7 Å². The van der Waals surface area contributed by atoms with Crippen LogP contribution in [-0.2, 0) is 16.1 Å². The lowest BCUT2D eigenvalue weighted by Gasteiger charge is -2.38. The summed E-state index contributed by atoms with van der Waals surface area (Å²) in [6.07, 6.45) is 8.25. The zero-order valence-corrected chi connectivity index (χ0v) is 32.6. The Morgan fingerprint density at radius 1 is 0.842 bits per heavy atom. The van der Waals surface area contributed by atoms with Gasteiger partial charge in [0, 0.05) is 101 Å². The summed E-state index contributed by atoms with van der Waals surface area (Å²) in [6, 6.07) is 0. The van der Waals surface area contributed by atoms with Crippen LogP contribution in [0.2, 0.25) is 0 Å². The van der Waals surface area contributed by atoms with Gasteiger partial charge in [-0.1, -0.05) is 0 Å². The fourth-order valence-corrected chi connectivity index (χ4v) is 7.68. The molecule has 20 heteroatoms. The van der Waals surface area contributed by atoms with Crippen LogP contribution >= 0.6 is 0 Å². The summed E-state index contributed by atoms with van der Waals surface area (Å²) in [6.45, 7) is 12.8. The van der Waals surface area contributed by atoms with Crippen LogP contribution in [0.5, 0.6) is 5.75 Å². The Hall–Kier alpha value is -6.02. The molecule has 5 aromatic heterocycles. The maximum Gasteiger partial charge on any atom is 0.230 e. The van der Waals surface area contributed by atoms with Crippen molar-refractivity contribution in [3.63, 3.8) is 0 Å². The minimum Gasteiger partial charge on any atom is -0.496 e. The largest absolute Gasteiger partial charge is 0.496 e. The van der Waals surface area contributed by atoms with Gasteiger partial charge in [-0.15, -0.1) is 0 Å². The molecule has 0 aliphatic carbocycles. The number of morpholine rings is 1. The predicted octanol–water partition coefficient (Wildman–Crippen LogP) is 1.01. The predicted molar refractivity (Wildman–Crippen MR) is 214 cm³/mol. The number of methoxy groups -OCH3 is 1. The molecule has 0 radical (unpaired) electrons. The minimum atomic E-state index is -0.0434. The lowest BCUT2D eigenvalue weighted by atomic mass is 9.95. The van der Waals surface area contributed by atoms with E-state index in [2.05, 4.69) is 49.9 Å². The van der Waals surface area contributed by atoms with E-state index >= 15 is 0 Å². The number of carbonyl (C=O) groups is 1. The van der Waals surface area contributed by atoms with E-state index in [1.807, 2.05) is 29.5 Å². The highest BCUT2D eigenvalue weighted by atomic mass is 16.5. The first-order valence-corrected chi connectivity index (χ1v) is 19.4. The number of hydrogen-bond donors (Lipinski definition) is 3. The zero-order chi connectivity index (χ0) is 39.5. The van der Waals surface area contributed by atoms with Gasteiger partial charge in [0.2, 0.25) is 29.7 Å². The van der Waals surface area contributed by atoms with Crippen LogP contribution in [0.25, 0.3) is 22.6 Å². The Morgan fingerprint density at radius 3 is 2.25 bits per heavy atom. The lowest BCUT2D eigenvalue weighted by Crippen LogP contribution is -2.52. The summed E-state index contributed by atoms with van der Waals surface area (Å²) in [5.74, 6) is 3.61. The van der Waals surface area contributed by atoms with E-state index in [0.29, 0.717) is 106 Å². The molecule has 0 spiro atoms. The van der Waals surface area contributed by atoms with Crippen LogP contribution in [0.4, 0.5) is 29.6 Å². The van der Waals surface area contributed by atoms with E-state index in [4.69, 9.17) is 35.9 Å². The molecule has 0 bridgehead atoms. The smallest absolute Gasteiger partial charge is 0.230 e. The number of nitrogens with one attached hydrogen (secondary N) is 1. The molecule has 3 fully saturated rings. The second kappa shape index (κ2) is 16.6. The third-order valence-electron chi connectivity index (χ3n) is 10.9. The fraction of sp³-hybridized carbons (Fsp3) is 0.514. The van der Waals surface area contributed by atoms with E-state index in [0.717, 1.165) is 55.0 Å². The average Bonchev–Trinajstić information content (AvgIpc) is 3.64. The highest BCUT2D eigenvalue weighted by Gasteiger charge is 2.32. The number of amides is 1. The number of nitrogens with zero attached hydrogens (tertiary/aromatic N) is 14. The van der Waals surface area contributed by atoms with E-state index in [1.54, 1.807) is 25.8 Å². The third-order valence-corrected chi connectivity index (χ3v) is 10.9. The lowest BCUT2D eigenvalue weighted by molar-refractivity contribution is -0.138. The number of rotatable bonds is 11. The summed E-state index contributed by atoms with van der Waals surface area (Å²) in [7, 11) is 1.67. The first kappa shape index (κ1) is 37.9. The Balaban J connectivity index is 0.834. The van der Waals surface area contributed by atoms with Gasteiger partial charge in [-0.2, -0.15) is 24.9 Å². The number of piperazine rings is 1. The first-order chi connectivity index (χ1) is 27.7. The molecule has 0 atom stereocenters. The molecule has 0 saturated carbocycles. The molecular weight excluding hydrogens is 731 g/mol. The van der Waals surface area contributed by atoms with Crippen molar-refractivity contribution in [2.45, 2.75) is 33.2 Å². The molecule has 20 nitrogen and oxygen atoms in total. The molecule has 5 N–H and O–H groups in total. The molecule has 57 heavy (non-hydrogen) atoms. The standard InChI is InChI=1S/C37H49N17O3/c1-23-18-41-27(24(2)29(23)56-3)21-54-22-44-28-31(45-35(39)48-32(28)54)40-6-9-50-10-12-51(13-11-50)33(55)25-4-7-52(8-5-25)36-46-30(26-19-42-34(38)43-20-26)47-37(49-36)53-14-16-57-17-15-53/h18-20,22,25H,4-17,21H2,1-3H3,(H2,38,42,43)(H3,39,40,45,48). The number of carbonyl (C=O) groups excluding carboxylic acids is 1. The van der Waals surface area contributed by atoms with Crippen molar-refractivity contribution in [3.8, 4) is 17.1 Å². The van der Waals surface area contributed by atoms with Gasteiger partial charge in [0.25, 0.3) is 0 Å². The van der Waals surface area contributed by atoms with Crippen molar-refractivity contribution in [2.24, 2.45) is 5.92 Å². The third kappa shape index (κ3) is 8.27. The number of nitrogen functional groups attached to an aromatic ring is 2. The second-order valence-electron chi connectivity index (χ2n) is 14.6. The van der Waals surface area contributed by atoms with Crippen LogP contribution in [0.3, 0.4) is 0 Å². The average molecular weight is 780 g/mol. The molecule has 8 heterocycles. The first-order valence-electron chi connectivity index (χ1n) is 19.4. The molecule has 0 unspecified atom stereocenters. The number of aryl methyl sites for hydroxylation is 1. The fourth-order valence-electron chi connectivity index (χ4n) is 7.68. The van der Waals surface area contributed by atoms with Crippen molar-refractivity contribution in [3.05, 3.63) is 41.7 Å². The summed E-state index contributed by atoms with van der Waals surface area (Å²) in [5, 5.41) is 3.43. The molecule has 5 aromatic rings. The van der Waals surface area contributed by atoms with Gasteiger partial charge in [-0.05, 0) is 26.7 Å². The Labute approximate surface area is 330 Å². The van der Waals surface area contributed by atoms with Crippen LogP contribution in [0, 0.1) is 19.8 Å². The molecule has 1 amide bonds. The highest BCUT2D eigenvalue weighted by molar-refractivity contribution is 5.84. The molecule has 3 aliphatic heterocycles. The molecular formula is C37H49N17O3. The maximum absolute atomic E-state index is 13.7. The second-order valence-corrected chi connectivity index (χ2v) is 14.6. The van der Waals surface area contributed by atoms with E-state index in [-0.39, 0.29) is 23.7 Å². The number of nitrogens with two attached hydrogens (primary N) is 2. The number of fused-ring (bicyclic) bond motifs is 1. The van der Waals surface area contributed by atoms with Crippen molar-refractivity contribution in [1.29, 1.82) is 0 Å². The number of imidazole rings is 1. The minimum absolute atomic E-state index is 0.0434. The van der Waals surface area contributed by atoms with Gasteiger partial charge in [0.15, 0.2) is 22.8 Å². The maximum atomic E-state index is 13.7. The Bertz CT molecular complexity index is 2190. The number of ether oxygens (including phenoxy) is 2. The summed E-state index contributed by atoms with van der Waals surface area (Å²) in [4.78, 5) is 63.2. The number of pyridine rings is 1. The zero-order valence-electron chi connectivity index (χ0n) is 32.6. The summed E-state index contributed by atoms with van der Waals surface area (Å²) < 4.78 is 13.1. The molecule has 3 saturated heterocycles. The van der Waals surface area contributed by atoms with Crippen molar-refractivity contribution >= 4 is 46.7 Å². The number of anilines is 5. The molecule has 3 aliphatic rings. The van der Waals surface area contributed by atoms with Gasteiger partial charge in [-0.25, -0.2) is 15.0 Å². The SMILES string of the molecule is COc1c(C)cnc(Cn2cnc3c(NCCN4CCN(C(=O)C5CCN(c6nc(-c7cnc(N)nc7)nc(N7CCOCC7)n6)CC5)CC4)nc(N)nc32)c1C. The van der Waals surface area contributed by atoms with Crippen LogP contribution in [0.15, 0.2) is 24.9 Å². The van der Waals surface area contributed by atoms with Crippen molar-refractivity contribution in [2.75, 3.05) is 112 Å². The van der Waals surface area contributed by atoms with Crippen LogP contribution in [-0.4, -0.2) is 151 Å². The summed E-state index contributed by atoms with van der Waals surface area (Å²) in [5.41, 5.74) is 16.6. The number of piperidine rings is 1. The number of hydrogen-bond acceptors (Lipinski definition) is 18. The molecule has 300 valence electrons. The van der Waals surface area contributed by atoms with Gasteiger partial charge in [0.1, 0.15) is 5.75 Å². The van der Waals surface area contributed by atoms with E-state index in [1.165, 1.54) is 0 Å². The molecule has 8 rings (SSSR count). The van der Waals surface area contributed by atoms with Gasteiger partial charge in [0.05, 0.1) is 44.5 Å². The van der Waals surface area contributed by atoms with Crippen molar-refractivity contribution in [1.82, 2.24) is 59.2 Å². The van der Waals surface area contributed by atoms with E-state index < -0.39 is 0 Å². The quantitative estimate of drug-likeness (QED) is 0.170. The summed E-state index contributed by atoms with van der Waals surface area (Å²) >= 11 is 0. The normalized spacial score (nSPS) is 17.0. The Kier molecular flexibility index (Phi) is 11.0. The van der Waals surface area contributed by atoms with Crippen LogP contribution in [0.1, 0.15) is 29.7 Å². The molecule has 0 aromatic carbocycles. The Morgan fingerprint density at radius 2 is 1.54 bits per heavy atom. The monoisotopic (exact) mass is 779 g/mol. The van der Waals surface area contributed by atoms with Gasteiger partial charge >= 0.3 is 0 Å².